The van der Waals surface area contributed by atoms with Gasteiger partial charge in [-0.1, -0.05) is 22.0 Å². The summed E-state index contributed by atoms with van der Waals surface area (Å²) in [6.07, 6.45) is -4.50. The molecule has 0 aliphatic heterocycles. The van der Waals surface area contributed by atoms with Crippen LogP contribution in [-0.2, 0) is 11.0 Å². The Morgan fingerprint density at radius 2 is 2.06 bits per heavy atom. The van der Waals surface area contributed by atoms with Crippen molar-refractivity contribution in [1.82, 2.24) is 0 Å². The first kappa shape index (κ1) is 13.7. The van der Waals surface area contributed by atoms with Gasteiger partial charge in [0.2, 0.25) is 0 Å². The summed E-state index contributed by atoms with van der Waals surface area (Å²) in [4.78, 5) is 10.4. The second-order valence-electron chi connectivity index (χ2n) is 3.38. The van der Waals surface area contributed by atoms with Crippen LogP contribution in [0.4, 0.5) is 13.2 Å². The predicted octanol–water partition coefficient (Wildman–Crippen LogP) is 3.60. The molecule has 1 atom stereocenters. The summed E-state index contributed by atoms with van der Waals surface area (Å²) in [6, 6.07) is 4.40. The molecule has 1 rings (SSSR count). The largest absolute Gasteiger partial charge is 0.416 e. The summed E-state index contributed by atoms with van der Waals surface area (Å²) in [5.41, 5.74) is -0.814. The second kappa shape index (κ2) is 4.88. The van der Waals surface area contributed by atoms with Gasteiger partial charge >= 0.3 is 6.18 Å². The number of benzene rings is 1. The fourth-order valence-corrected chi connectivity index (χ4v) is 1.67. The molecule has 0 aliphatic rings. The molecular formula is C11H7BrF3NO. The van der Waals surface area contributed by atoms with Crippen molar-refractivity contribution in [3.8, 4) is 6.07 Å². The first-order valence-electron chi connectivity index (χ1n) is 4.53. The van der Waals surface area contributed by atoms with E-state index in [2.05, 4.69) is 15.9 Å². The average Bonchev–Trinajstić information content (AvgIpc) is 2.25. The highest BCUT2D eigenvalue weighted by Gasteiger charge is 2.31. The monoisotopic (exact) mass is 305 g/mol. The molecular weight excluding hydrogens is 299 g/mol. The molecule has 0 bridgehead atoms. The molecule has 90 valence electrons. The van der Waals surface area contributed by atoms with Crippen LogP contribution >= 0.6 is 15.9 Å². The molecule has 1 aromatic rings. The fourth-order valence-electron chi connectivity index (χ4n) is 1.27. The van der Waals surface area contributed by atoms with Gasteiger partial charge in [0, 0.05) is 0 Å². The molecule has 0 saturated carbocycles. The molecule has 0 radical (unpaired) electrons. The molecule has 6 heteroatoms. The normalized spacial score (nSPS) is 12.9. The molecule has 0 aromatic heterocycles. The van der Waals surface area contributed by atoms with Crippen LogP contribution in [0.5, 0.6) is 0 Å². The van der Waals surface area contributed by atoms with Crippen molar-refractivity contribution in [1.29, 1.82) is 5.26 Å². The molecule has 0 amide bonds. The quantitative estimate of drug-likeness (QED) is 0.783. The molecule has 17 heavy (non-hydrogen) atoms. The topological polar surface area (TPSA) is 40.9 Å². The molecule has 0 saturated heterocycles. The van der Waals surface area contributed by atoms with E-state index in [4.69, 9.17) is 5.26 Å². The standard InChI is InChI=1S/C11H7BrF3NO/c1-6(17)10(12)9-3-2-8(11(13,14)15)4-7(9)5-16/h2-4,10H,1H3. The van der Waals surface area contributed by atoms with Gasteiger partial charge in [-0.05, 0) is 24.6 Å². The molecule has 1 aromatic carbocycles. The van der Waals surface area contributed by atoms with E-state index < -0.39 is 16.6 Å². The minimum absolute atomic E-state index is 0.156. The highest BCUT2D eigenvalue weighted by molar-refractivity contribution is 9.09. The Kier molecular flexibility index (Phi) is 3.94. The zero-order valence-electron chi connectivity index (χ0n) is 8.68. The molecule has 2 nitrogen and oxygen atoms in total. The number of Topliss-reactive ketones (excluding diaryl/α,β-unsaturated/α-hetero) is 1. The van der Waals surface area contributed by atoms with Crippen molar-refractivity contribution in [3.63, 3.8) is 0 Å². The lowest BCUT2D eigenvalue weighted by Crippen LogP contribution is -2.08. The van der Waals surface area contributed by atoms with Gasteiger partial charge < -0.3 is 0 Å². The van der Waals surface area contributed by atoms with Crippen molar-refractivity contribution >= 4 is 21.7 Å². The van der Waals surface area contributed by atoms with Gasteiger partial charge in [0.1, 0.15) is 5.78 Å². The summed E-state index contributed by atoms with van der Waals surface area (Å²) in [5.74, 6) is -0.277. The highest BCUT2D eigenvalue weighted by Crippen LogP contribution is 2.33. The Morgan fingerprint density at radius 3 is 2.47 bits per heavy atom. The van der Waals surface area contributed by atoms with Crippen molar-refractivity contribution in [3.05, 3.63) is 34.9 Å². The van der Waals surface area contributed by atoms with E-state index in [0.717, 1.165) is 18.2 Å². The molecule has 0 heterocycles. The maximum Gasteiger partial charge on any atom is 0.416 e. The highest BCUT2D eigenvalue weighted by atomic mass is 79.9. The Bertz CT molecular complexity index is 490. The van der Waals surface area contributed by atoms with Crippen LogP contribution in [0.15, 0.2) is 18.2 Å². The zero-order chi connectivity index (χ0) is 13.2. The summed E-state index contributed by atoms with van der Waals surface area (Å²) in [5, 5.41) is 8.79. The van der Waals surface area contributed by atoms with Crippen LogP contribution in [0.1, 0.15) is 28.4 Å². The van der Waals surface area contributed by atoms with Crippen LogP contribution in [0, 0.1) is 11.3 Å². The number of hydrogen-bond donors (Lipinski definition) is 0. The van der Waals surface area contributed by atoms with Gasteiger partial charge in [-0.2, -0.15) is 18.4 Å². The smallest absolute Gasteiger partial charge is 0.298 e. The Morgan fingerprint density at radius 1 is 1.47 bits per heavy atom. The van der Waals surface area contributed by atoms with Gasteiger partial charge in [0.05, 0.1) is 22.0 Å². The van der Waals surface area contributed by atoms with Gasteiger partial charge in [-0.3, -0.25) is 4.79 Å². The van der Waals surface area contributed by atoms with Gasteiger partial charge in [-0.15, -0.1) is 0 Å². The summed E-state index contributed by atoms with van der Waals surface area (Å²) < 4.78 is 37.2. The van der Waals surface area contributed by atoms with E-state index >= 15 is 0 Å². The molecule has 0 aliphatic carbocycles. The number of nitrogens with zero attached hydrogens (tertiary/aromatic N) is 1. The van der Waals surface area contributed by atoms with E-state index in [1.54, 1.807) is 6.07 Å². The number of nitriles is 1. The number of hydrogen-bond acceptors (Lipinski definition) is 2. The van der Waals surface area contributed by atoms with E-state index in [9.17, 15) is 18.0 Å². The molecule has 0 spiro atoms. The molecule has 0 fully saturated rings. The third-order valence-corrected chi connectivity index (χ3v) is 3.27. The lowest BCUT2D eigenvalue weighted by molar-refractivity contribution is -0.137. The average molecular weight is 306 g/mol. The van der Waals surface area contributed by atoms with Crippen LogP contribution in [0.2, 0.25) is 0 Å². The zero-order valence-corrected chi connectivity index (χ0v) is 10.3. The van der Waals surface area contributed by atoms with Crippen LogP contribution in [0.25, 0.3) is 0 Å². The van der Waals surface area contributed by atoms with Crippen LogP contribution in [-0.4, -0.2) is 5.78 Å². The minimum Gasteiger partial charge on any atom is -0.298 e. The van der Waals surface area contributed by atoms with Crippen molar-refractivity contribution in [2.75, 3.05) is 0 Å². The Hall–Kier alpha value is -1.35. The van der Waals surface area contributed by atoms with E-state index in [-0.39, 0.29) is 16.9 Å². The summed E-state index contributed by atoms with van der Waals surface area (Å²) >= 11 is 3.04. The van der Waals surface area contributed by atoms with Crippen LogP contribution in [0.3, 0.4) is 0 Å². The predicted molar refractivity (Wildman–Crippen MR) is 58.5 cm³/mol. The summed E-state index contributed by atoms with van der Waals surface area (Å²) in [7, 11) is 0. The molecule has 0 N–H and O–H groups in total. The SMILES string of the molecule is CC(=O)C(Br)c1ccc(C(F)(F)F)cc1C#N. The Balaban J connectivity index is 3.30. The van der Waals surface area contributed by atoms with Crippen molar-refractivity contribution in [2.24, 2.45) is 0 Å². The lowest BCUT2D eigenvalue weighted by atomic mass is 10.0. The number of halogens is 4. The number of carbonyl (C=O) groups is 1. The van der Waals surface area contributed by atoms with Crippen molar-refractivity contribution in [2.45, 2.75) is 17.9 Å². The fraction of sp³-hybridized carbons (Fsp3) is 0.273. The summed E-state index contributed by atoms with van der Waals surface area (Å²) in [6.45, 7) is 1.29. The van der Waals surface area contributed by atoms with Gasteiger partial charge in [0.25, 0.3) is 0 Å². The van der Waals surface area contributed by atoms with E-state index in [1.165, 1.54) is 6.92 Å². The Labute approximate surface area is 104 Å². The van der Waals surface area contributed by atoms with Crippen molar-refractivity contribution < 1.29 is 18.0 Å². The first-order chi connectivity index (χ1) is 7.77. The van der Waals surface area contributed by atoms with E-state index in [1.807, 2.05) is 0 Å². The van der Waals surface area contributed by atoms with Gasteiger partial charge in [-0.25, -0.2) is 0 Å². The minimum atomic E-state index is -4.50. The van der Waals surface area contributed by atoms with E-state index in [0.29, 0.717) is 0 Å². The van der Waals surface area contributed by atoms with Gasteiger partial charge in [0.15, 0.2) is 0 Å². The lowest BCUT2D eigenvalue weighted by Gasteiger charge is -2.12. The first-order valence-corrected chi connectivity index (χ1v) is 5.44. The maximum atomic E-state index is 12.4. The maximum absolute atomic E-state index is 12.4. The third kappa shape index (κ3) is 3.07. The van der Waals surface area contributed by atoms with Crippen LogP contribution < -0.4 is 0 Å². The second-order valence-corrected chi connectivity index (χ2v) is 4.30. The number of ketones is 1. The number of carbonyl (C=O) groups excluding carboxylic acids is 1. The molecule has 1 unspecified atom stereocenters. The number of rotatable bonds is 2. The number of alkyl halides is 4. The third-order valence-electron chi connectivity index (χ3n) is 2.13.